The maximum absolute atomic E-state index is 12.3. The van der Waals surface area contributed by atoms with Gasteiger partial charge in [0.1, 0.15) is 0 Å². The predicted octanol–water partition coefficient (Wildman–Crippen LogP) is 1.26. The fourth-order valence-corrected chi connectivity index (χ4v) is 3.92. The molecule has 0 radical (unpaired) electrons. The number of nitrogens with zero attached hydrogens (tertiary/aromatic N) is 5. The van der Waals surface area contributed by atoms with Crippen molar-refractivity contribution >= 4 is 11.9 Å². The minimum absolute atomic E-state index is 0.168. The fraction of sp³-hybridized carbons (Fsp3) is 0.722. The lowest BCUT2D eigenvalue weighted by atomic mass is 9.73. The van der Waals surface area contributed by atoms with Crippen LogP contribution in [0.5, 0.6) is 5.75 Å². The smallest absolute Gasteiger partial charge is 0.225 e. The van der Waals surface area contributed by atoms with Gasteiger partial charge in [-0.15, -0.1) is 0 Å². The number of likely N-dealkylation sites (N-methyl/N-ethyl adjacent to an activating group) is 1. The fourth-order valence-electron chi connectivity index (χ4n) is 3.92. The van der Waals surface area contributed by atoms with Crippen LogP contribution in [-0.4, -0.2) is 79.6 Å². The van der Waals surface area contributed by atoms with Crippen LogP contribution in [0, 0.1) is 5.41 Å². The van der Waals surface area contributed by atoms with Gasteiger partial charge in [-0.05, 0) is 33.4 Å². The summed E-state index contributed by atoms with van der Waals surface area (Å²) < 4.78 is 5.15. The first kappa shape index (κ1) is 17.9. The van der Waals surface area contributed by atoms with Crippen LogP contribution in [0.2, 0.25) is 0 Å². The molecule has 0 aromatic carbocycles. The molecule has 1 aromatic rings. The number of anilines is 1. The zero-order valence-corrected chi connectivity index (χ0v) is 15.6. The van der Waals surface area contributed by atoms with E-state index in [4.69, 9.17) is 4.74 Å². The summed E-state index contributed by atoms with van der Waals surface area (Å²) >= 11 is 0. The van der Waals surface area contributed by atoms with Crippen LogP contribution in [0.25, 0.3) is 0 Å². The van der Waals surface area contributed by atoms with Crippen LogP contribution < -0.4 is 9.64 Å². The molecule has 2 saturated heterocycles. The monoisotopic (exact) mass is 347 g/mol. The van der Waals surface area contributed by atoms with E-state index in [0.717, 1.165) is 51.5 Å². The lowest BCUT2D eigenvalue weighted by Crippen LogP contribution is -2.55. The van der Waals surface area contributed by atoms with Crippen molar-refractivity contribution in [2.75, 3.05) is 58.8 Å². The van der Waals surface area contributed by atoms with Gasteiger partial charge in [0.25, 0.3) is 0 Å². The number of hydrogen-bond donors (Lipinski definition) is 0. The summed E-state index contributed by atoms with van der Waals surface area (Å²) in [7, 11) is 5.72. The molecule has 0 N–H and O–H groups in total. The van der Waals surface area contributed by atoms with E-state index in [2.05, 4.69) is 24.7 Å². The summed E-state index contributed by atoms with van der Waals surface area (Å²) in [5.41, 5.74) is 0.168. The van der Waals surface area contributed by atoms with Gasteiger partial charge in [0.05, 0.1) is 19.5 Å². The predicted molar refractivity (Wildman–Crippen MR) is 96.8 cm³/mol. The highest BCUT2D eigenvalue weighted by atomic mass is 16.5. The third-order valence-corrected chi connectivity index (χ3v) is 5.36. The highest BCUT2D eigenvalue weighted by molar-refractivity contribution is 5.77. The Hall–Kier alpha value is -1.89. The summed E-state index contributed by atoms with van der Waals surface area (Å²) in [6.07, 6.45) is 7.35. The third kappa shape index (κ3) is 4.21. The van der Waals surface area contributed by atoms with Gasteiger partial charge in [-0.2, -0.15) is 0 Å². The second-order valence-electron chi connectivity index (χ2n) is 7.57. The Balaban J connectivity index is 1.69. The van der Waals surface area contributed by atoms with Gasteiger partial charge in [-0.1, -0.05) is 0 Å². The maximum Gasteiger partial charge on any atom is 0.225 e. The van der Waals surface area contributed by atoms with E-state index in [1.54, 1.807) is 19.5 Å². The largest absolute Gasteiger partial charge is 0.494 e. The SMILES string of the molecule is COc1cnc(N2CCCC3(CCC(=O)N(CCN(C)C)C3)C2)nc1. The van der Waals surface area contributed by atoms with E-state index in [-0.39, 0.29) is 5.41 Å². The molecule has 0 saturated carbocycles. The molecule has 0 aliphatic carbocycles. The van der Waals surface area contributed by atoms with E-state index >= 15 is 0 Å². The highest BCUT2D eigenvalue weighted by Crippen LogP contribution is 2.39. The average molecular weight is 347 g/mol. The van der Waals surface area contributed by atoms with Gasteiger partial charge in [0.15, 0.2) is 5.75 Å². The van der Waals surface area contributed by atoms with Crippen LogP contribution in [0.4, 0.5) is 5.95 Å². The van der Waals surface area contributed by atoms with Crippen molar-refractivity contribution in [3.8, 4) is 5.75 Å². The number of ether oxygens (including phenoxy) is 1. The van der Waals surface area contributed by atoms with Crippen LogP contribution in [-0.2, 0) is 4.79 Å². The van der Waals surface area contributed by atoms with Crippen LogP contribution in [0.1, 0.15) is 25.7 Å². The van der Waals surface area contributed by atoms with Gasteiger partial charge in [0, 0.05) is 44.6 Å². The molecular formula is C18H29N5O2. The standard InChI is InChI=1S/C18H29N5O2/c1-21(2)9-10-22-13-18(7-5-16(22)24)6-4-8-23(14-18)17-19-11-15(25-3)12-20-17/h11-12H,4-10,13-14H2,1-3H3. The van der Waals surface area contributed by atoms with E-state index in [9.17, 15) is 4.79 Å². The van der Waals surface area contributed by atoms with Crippen molar-refractivity contribution in [3.63, 3.8) is 0 Å². The van der Waals surface area contributed by atoms with Crippen molar-refractivity contribution in [2.45, 2.75) is 25.7 Å². The quantitative estimate of drug-likeness (QED) is 0.799. The second-order valence-corrected chi connectivity index (χ2v) is 7.57. The minimum Gasteiger partial charge on any atom is -0.494 e. The van der Waals surface area contributed by atoms with Gasteiger partial charge < -0.3 is 19.4 Å². The molecule has 138 valence electrons. The number of aromatic nitrogens is 2. The Morgan fingerprint density at radius 3 is 2.68 bits per heavy atom. The van der Waals surface area contributed by atoms with E-state index in [1.165, 1.54) is 6.42 Å². The third-order valence-electron chi connectivity index (χ3n) is 5.36. The number of rotatable bonds is 5. The molecule has 2 aliphatic rings. The maximum atomic E-state index is 12.3. The van der Waals surface area contributed by atoms with Gasteiger partial charge in [-0.3, -0.25) is 4.79 Å². The second kappa shape index (κ2) is 7.56. The summed E-state index contributed by atoms with van der Waals surface area (Å²) in [5.74, 6) is 1.73. The zero-order valence-electron chi connectivity index (χ0n) is 15.6. The average Bonchev–Trinajstić information content (AvgIpc) is 2.63. The Kier molecular flexibility index (Phi) is 5.42. The van der Waals surface area contributed by atoms with E-state index in [0.29, 0.717) is 18.1 Å². The number of carbonyl (C=O) groups excluding carboxylic acids is 1. The Morgan fingerprint density at radius 2 is 2.00 bits per heavy atom. The van der Waals surface area contributed by atoms with Gasteiger partial charge in [0.2, 0.25) is 11.9 Å². The molecule has 7 nitrogen and oxygen atoms in total. The van der Waals surface area contributed by atoms with Crippen molar-refractivity contribution in [1.82, 2.24) is 19.8 Å². The first-order valence-corrected chi connectivity index (χ1v) is 9.05. The van der Waals surface area contributed by atoms with E-state index < -0.39 is 0 Å². The molecule has 1 spiro atoms. The van der Waals surface area contributed by atoms with Crippen LogP contribution in [0.3, 0.4) is 0 Å². The summed E-state index contributed by atoms with van der Waals surface area (Å²) in [6, 6.07) is 0. The molecular weight excluding hydrogens is 318 g/mol. The number of hydrogen-bond acceptors (Lipinski definition) is 6. The molecule has 25 heavy (non-hydrogen) atoms. The Bertz CT molecular complexity index is 592. The zero-order chi connectivity index (χ0) is 17.9. The van der Waals surface area contributed by atoms with E-state index in [1.807, 2.05) is 14.1 Å². The first-order valence-electron chi connectivity index (χ1n) is 9.05. The molecule has 3 rings (SSSR count). The molecule has 1 amide bonds. The minimum atomic E-state index is 0.168. The van der Waals surface area contributed by atoms with Crippen molar-refractivity contribution in [3.05, 3.63) is 12.4 Å². The van der Waals surface area contributed by atoms with Gasteiger partial charge >= 0.3 is 0 Å². The number of piperidine rings is 2. The first-order chi connectivity index (χ1) is 12.0. The normalized spacial score (nSPS) is 24.2. The van der Waals surface area contributed by atoms with Crippen LogP contribution >= 0.6 is 0 Å². The number of carbonyl (C=O) groups is 1. The summed E-state index contributed by atoms with van der Waals surface area (Å²) in [4.78, 5) is 27.7. The molecule has 0 bridgehead atoms. The number of methoxy groups -OCH3 is 1. The Labute approximate surface area is 150 Å². The topological polar surface area (TPSA) is 61.8 Å². The molecule has 1 atom stereocenters. The molecule has 2 aliphatic heterocycles. The number of likely N-dealkylation sites (tertiary alicyclic amines) is 1. The lowest BCUT2D eigenvalue weighted by Gasteiger charge is -2.48. The number of amides is 1. The lowest BCUT2D eigenvalue weighted by molar-refractivity contribution is -0.138. The van der Waals surface area contributed by atoms with Crippen molar-refractivity contribution in [1.29, 1.82) is 0 Å². The molecule has 2 fully saturated rings. The van der Waals surface area contributed by atoms with Gasteiger partial charge in [-0.25, -0.2) is 9.97 Å². The summed E-state index contributed by atoms with van der Waals surface area (Å²) in [6.45, 7) is 4.47. The summed E-state index contributed by atoms with van der Waals surface area (Å²) in [5, 5.41) is 0. The highest BCUT2D eigenvalue weighted by Gasteiger charge is 2.42. The molecule has 1 unspecified atom stereocenters. The molecule has 7 heteroatoms. The van der Waals surface area contributed by atoms with Crippen molar-refractivity contribution in [2.24, 2.45) is 5.41 Å². The van der Waals surface area contributed by atoms with Crippen molar-refractivity contribution < 1.29 is 9.53 Å². The Morgan fingerprint density at radius 1 is 1.24 bits per heavy atom. The van der Waals surface area contributed by atoms with Crippen LogP contribution in [0.15, 0.2) is 12.4 Å². The molecule has 3 heterocycles. The molecule has 1 aromatic heterocycles.